The van der Waals surface area contributed by atoms with E-state index in [1.54, 1.807) is 0 Å². The fourth-order valence-corrected chi connectivity index (χ4v) is 5.78. The van der Waals surface area contributed by atoms with Gasteiger partial charge in [-0.05, 0) is 49.3 Å². The van der Waals surface area contributed by atoms with Gasteiger partial charge in [-0.3, -0.25) is 4.99 Å². The Kier molecular flexibility index (Phi) is 9.35. The average Bonchev–Trinajstić information content (AvgIpc) is 3.38. The number of aliphatic imine (C=N–C) groups is 1. The first-order valence-corrected chi connectivity index (χ1v) is 11.6. The molecule has 5 rings (SSSR count). The van der Waals surface area contributed by atoms with Crippen molar-refractivity contribution in [3.05, 3.63) is 109 Å². The van der Waals surface area contributed by atoms with E-state index in [1.165, 1.54) is 21.6 Å². The summed E-state index contributed by atoms with van der Waals surface area (Å²) >= 11 is 0. The number of benzene rings is 3. The average molecular weight is 601 g/mol. The molecule has 0 aromatic heterocycles. The van der Waals surface area contributed by atoms with Crippen LogP contribution in [0, 0.1) is 0 Å². The molecule has 0 fully saturated rings. The molecule has 5 heteroatoms. The van der Waals surface area contributed by atoms with Gasteiger partial charge < -0.3 is 10.5 Å². The summed E-state index contributed by atoms with van der Waals surface area (Å²) < 4.78 is 0. The maximum atomic E-state index is 4.27. The van der Waals surface area contributed by atoms with E-state index in [9.17, 15) is 0 Å². The maximum Gasteiger partial charge on any atom is 1.00 e. The van der Waals surface area contributed by atoms with Gasteiger partial charge in [0.05, 0.1) is 0 Å². The normalized spacial score (nSPS) is 16.5. The predicted octanol–water partition coefficient (Wildman–Crippen LogP) is 5.31. The van der Waals surface area contributed by atoms with Crippen LogP contribution < -0.4 is 15.9 Å². The summed E-state index contributed by atoms with van der Waals surface area (Å²) in [5, 5.41) is 8.03. The molecule has 3 nitrogen and oxygen atoms in total. The van der Waals surface area contributed by atoms with E-state index < -0.39 is 7.92 Å². The largest absolute Gasteiger partial charge is 1.00 e. The van der Waals surface area contributed by atoms with Crippen molar-refractivity contribution in [2.45, 2.75) is 25.3 Å². The Morgan fingerprint density at radius 1 is 0.742 bits per heavy atom. The van der Waals surface area contributed by atoms with E-state index in [0.717, 1.165) is 19.3 Å². The van der Waals surface area contributed by atoms with Crippen LogP contribution in [0.25, 0.3) is 5.43 Å². The molecule has 2 aliphatic heterocycles. The first kappa shape index (κ1) is 23.3. The Morgan fingerprint density at radius 3 is 1.65 bits per heavy atom. The number of nitrogens with zero attached hydrogens (tertiary/aromatic N) is 3. The number of hydrogen-bond donors (Lipinski definition) is 0. The van der Waals surface area contributed by atoms with E-state index in [4.69, 9.17) is 0 Å². The second-order valence-corrected chi connectivity index (χ2v) is 9.27. The third-order valence-corrected chi connectivity index (χ3v) is 7.40. The zero-order valence-electron chi connectivity index (χ0n) is 17.2. The minimum Gasteiger partial charge on any atom is -0.595 e. The molecule has 1 radical (unpaired) electrons. The van der Waals surface area contributed by atoms with E-state index >= 15 is 0 Å². The number of hydrogen-bond acceptors (Lipinski definition) is 2. The quantitative estimate of drug-likeness (QED) is 0.365. The van der Waals surface area contributed by atoms with Crippen molar-refractivity contribution >= 4 is 35.8 Å². The Labute approximate surface area is 199 Å². The molecule has 0 saturated heterocycles. The summed E-state index contributed by atoms with van der Waals surface area (Å²) in [6.45, 7) is 0. The molecule has 0 bridgehead atoms. The smallest absolute Gasteiger partial charge is 0.595 e. The van der Waals surface area contributed by atoms with Gasteiger partial charge in [0, 0.05) is 11.9 Å². The van der Waals surface area contributed by atoms with Crippen molar-refractivity contribution in [1.29, 1.82) is 0 Å². The molecule has 3 aromatic carbocycles. The molecule has 1 unspecified atom stereocenters. The Hall–Kier alpha value is -2.39. The van der Waals surface area contributed by atoms with Crippen LogP contribution in [0.5, 0.6) is 0 Å². The second kappa shape index (κ2) is 12.5. The van der Waals surface area contributed by atoms with Crippen LogP contribution in [-0.2, 0) is 19.8 Å². The van der Waals surface area contributed by atoms with Crippen LogP contribution >= 0.6 is 7.92 Å². The van der Waals surface area contributed by atoms with E-state index in [0.29, 0.717) is 0 Å². The van der Waals surface area contributed by atoms with Gasteiger partial charge in [0.15, 0.2) is 0 Å². The number of rotatable bonds is 4. The van der Waals surface area contributed by atoms with Gasteiger partial charge in [-0.2, -0.15) is 0 Å². The topological polar surface area (TPSA) is 38.8 Å². The summed E-state index contributed by atoms with van der Waals surface area (Å²) in [6.07, 6.45) is 8.89. The summed E-state index contributed by atoms with van der Waals surface area (Å²) in [5.41, 5.74) is 5.25. The number of allylic oxidation sites excluding steroid dienone is 1. The second-order valence-electron chi connectivity index (χ2n) is 7.05. The van der Waals surface area contributed by atoms with Crippen molar-refractivity contribution in [2.24, 2.45) is 10.1 Å². The van der Waals surface area contributed by atoms with Crippen LogP contribution in [0.1, 0.15) is 19.3 Å². The van der Waals surface area contributed by atoms with Crippen molar-refractivity contribution < 1.29 is 19.8 Å². The summed E-state index contributed by atoms with van der Waals surface area (Å²) in [6, 6.07) is 32.6. The zero-order chi connectivity index (χ0) is 20.4. The monoisotopic (exact) mass is 602 g/mol. The molecule has 2 aliphatic rings. The summed E-state index contributed by atoms with van der Waals surface area (Å²) in [4.78, 5) is 4.27. The van der Waals surface area contributed by atoms with Crippen molar-refractivity contribution in [3.63, 3.8) is 0 Å². The molecule has 0 aliphatic carbocycles. The van der Waals surface area contributed by atoms with Crippen molar-refractivity contribution in [2.75, 3.05) is 0 Å². The van der Waals surface area contributed by atoms with Crippen LogP contribution in [0.15, 0.2) is 113 Å². The summed E-state index contributed by atoms with van der Waals surface area (Å²) in [5.74, 6) is 0. The summed E-state index contributed by atoms with van der Waals surface area (Å²) in [7, 11) is -0.446. The molecular weight excluding hydrogens is 576 g/mol. The minimum absolute atomic E-state index is 0. The fraction of sp³-hybridized carbons (Fsp3) is 0.154. The van der Waals surface area contributed by atoms with Crippen LogP contribution in [0.3, 0.4) is 0 Å². The Balaban J connectivity index is 0.000000194. The standard InChI is InChI=1S/C18H15P.C8H10N3.Os/c1-4-10-16(11-5-1)19(17-12-6-2-7-13-17)18-14-8-3-9-15-18;1-2-5-9-7(3-1)8-4-6-10-11-8;/h1-15H;2,5-6,8H,1,3-4H2;/q;-1;+1. The molecular formula is C26H25N3OsP. The van der Waals surface area contributed by atoms with E-state index in [2.05, 4.69) is 113 Å². The van der Waals surface area contributed by atoms with Crippen molar-refractivity contribution in [3.8, 4) is 0 Å². The molecule has 2 heterocycles. The molecule has 0 spiro atoms. The Morgan fingerprint density at radius 2 is 1.26 bits per heavy atom. The molecule has 31 heavy (non-hydrogen) atoms. The molecule has 0 amide bonds. The third kappa shape index (κ3) is 6.54. The van der Waals surface area contributed by atoms with Crippen LogP contribution in [-0.4, -0.2) is 18.0 Å². The first-order chi connectivity index (χ1) is 14.9. The van der Waals surface area contributed by atoms with Gasteiger partial charge in [-0.25, -0.2) is 0 Å². The minimum atomic E-state index is -0.446. The third-order valence-electron chi connectivity index (χ3n) is 4.96. The van der Waals surface area contributed by atoms with Crippen molar-refractivity contribution in [1.82, 2.24) is 0 Å². The molecule has 0 N–H and O–H groups in total. The van der Waals surface area contributed by atoms with Gasteiger partial charge in [0.25, 0.3) is 0 Å². The molecule has 3 aromatic rings. The van der Waals surface area contributed by atoms with E-state index in [1.807, 2.05) is 12.4 Å². The van der Waals surface area contributed by atoms with Gasteiger partial charge >= 0.3 is 19.8 Å². The SMILES string of the molecule is C1=CN=C(C2CC=N[N-]2)CC1.[Os+].c1ccc(P(c2ccccc2)c2ccccc2)cc1. The van der Waals surface area contributed by atoms with Crippen LogP contribution in [0.2, 0.25) is 0 Å². The molecule has 0 saturated carbocycles. The Bertz CT molecular complexity index is 903. The maximum absolute atomic E-state index is 4.27. The van der Waals surface area contributed by atoms with Gasteiger partial charge in [0.2, 0.25) is 0 Å². The molecule has 157 valence electrons. The van der Waals surface area contributed by atoms with Gasteiger partial charge in [-0.1, -0.05) is 103 Å². The van der Waals surface area contributed by atoms with E-state index in [-0.39, 0.29) is 25.8 Å². The predicted molar refractivity (Wildman–Crippen MR) is 131 cm³/mol. The van der Waals surface area contributed by atoms with Crippen LogP contribution in [0.4, 0.5) is 0 Å². The van der Waals surface area contributed by atoms with Gasteiger partial charge in [-0.15, -0.1) is 0 Å². The first-order valence-electron chi connectivity index (χ1n) is 10.3. The molecule has 1 atom stereocenters. The van der Waals surface area contributed by atoms with Gasteiger partial charge in [0.1, 0.15) is 0 Å². The fourth-order valence-electron chi connectivity index (χ4n) is 3.47. The zero-order valence-corrected chi connectivity index (χ0v) is 20.7.